The van der Waals surface area contributed by atoms with E-state index in [-0.39, 0.29) is 5.41 Å². The average Bonchev–Trinajstić information content (AvgIpc) is 2.25. The summed E-state index contributed by atoms with van der Waals surface area (Å²) in [6, 6.07) is 7.79. The lowest BCUT2D eigenvalue weighted by Gasteiger charge is -2.20. The molecule has 1 aromatic rings. The summed E-state index contributed by atoms with van der Waals surface area (Å²) in [4.78, 5) is 11.0. The molecule has 0 aliphatic heterocycles. The Labute approximate surface area is 108 Å². The zero-order valence-corrected chi connectivity index (χ0v) is 11.5. The fraction of sp³-hybridized carbons (Fsp3) is 0.500. The van der Waals surface area contributed by atoms with Crippen molar-refractivity contribution in [3.05, 3.63) is 29.8 Å². The van der Waals surface area contributed by atoms with Gasteiger partial charge in [0.15, 0.2) is 6.10 Å². The summed E-state index contributed by atoms with van der Waals surface area (Å²) in [5, 5.41) is -0.451. The lowest BCUT2D eigenvalue weighted by Crippen LogP contribution is -2.22. The maximum Gasteiger partial charge on any atom is 0.262 e. The first-order valence-corrected chi connectivity index (χ1v) is 6.19. The van der Waals surface area contributed by atoms with E-state index in [0.717, 1.165) is 0 Å². The van der Waals surface area contributed by atoms with Gasteiger partial charge in [-0.2, -0.15) is 0 Å². The average molecular weight is 255 g/mol. The highest BCUT2D eigenvalue weighted by molar-refractivity contribution is 6.64. The summed E-state index contributed by atoms with van der Waals surface area (Å²) < 4.78 is 5.51. The monoisotopic (exact) mass is 254 g/mol. The van der Waals surface area contributed by atoms with Crippen molar-refractivity contribution < 1.29 is 9.53 Å². The van der Waals surface area contributed by atoms with Gasteiger partial charge in [0, 0.05) is 0 Å². The van der Waals surface area contributed by atoms with Gasteiger partial charge < -0.3 is 4.74 Å². The minimum Gasteiger partial charge on any atom is -0.481 e. The van der Waals surface area contributed by atoms with Gasteiger partial charge in [-0.05, 0) is 41.1 Å². The Kier molecular flexibility index (Phi) is 4.58. The molecule has 3 heteroatoms. The van der Waals surface area contributed by atoms with Crippen molar-refractivity contribution >= 4 is 16.8 Å². The molecule has 1 aromatic carbocycles. The van der Waals surface area contributed by atoms with Gasteiger partial charge in [-0.3, -0.25) is 4.79 Å². The Hall–Kier alpha value is -1.02. The normalized spacial score (nSPS) is 13.2. The molecule has 0 saturated heterocycles. The number of hydrogen-bond acceptors (Lipinski definition) is 2. The molecule has 0 aromatic heterocycles. The lowest BCUT2D eigenvalue weighted by molar-refractivity contribution is -0.117. The van der Waals surface area contributed by atoms with Crippen molar-refractivity contribution in [3.63, 3.8) is 0 Å². The molecular weight excluding hydrogens is 236 g/mol. The number of hydrogen-bond donors (Lipinski definition) is 0. The maximum atomic E-state index is 11.0. The molecule has 0 bridgehead atoms. The van der Waals surface area contributed by atoms with Gasteiger partial charge >= 0.3 is 0 Å². The minimum absolute atomic E-state index is 0.116. The fourth-order valence-electron chi connectivity index (χ4n) is 1.49. The largest absolute Gasteiger partial charge is 0.481 e. The van der Waals surface area contributed by atoms with E-state index in [1.54, 1.807) is 0 Å². The van der Waals surface area contributed by atoms with Crippen LogP contribution in [-0.4, -0.2) is 11.3 Å². The van der Waals surface area contributed by atoms with E-state index < -0.39 is 11.3 Å². The summed E-state index contributed by atoms with van der Waals surface area (Å²) in [5.74, 6) is 0.679. The van der Waals surface area contributed by atoms with Crippen LogP contribution in [0.5, 0.6) is 5.75 Å². The van der Waals surface area contributed by atoms with Gasteiger partial charge in [-0.25, -0.2) is 0 Å². The van der Waals surface area contributed by atoms with Crippen molar-refractivity contribution in [1.29, 1.82) is 0 Å². The molecule has 0 heterocycles. The molecule has 0 radical (unpaired) electrons. The van der Waals surface area contributed by atoms with E-state index in [9.17, 15) is 4.79 Å². The number of carbonyl (C=O) groups excluding carboxylic acids is 1. The van der Waals surface area contributed by atoms with E-state index in [0.29, 0.717) is 12.2 Å². The first-order chi connectivity index (χ1) is 7.84. The Morgan fingerprint density at radius 3 is 2.18 bits per heavy atom. The summed E-state index contributed by atoms with van der Waals surface area (Å²) in [6.07, 6.45) is 0.0146. The molecule has 0 aliphatic rings. The molecule has 94 valence electrons. The first-order valence-electron chi connectivity index (χ1n) is 5.81. The molecule has 17 heavy (non-hydrogen) atoms. The Morgan fingerprint density at radius 2 is 1.82 bits per heavy atom. The number of halogens is 1. The van der Waals surface area contributed by atoms with Crippen LogP contribution in [0.3, 0.4) is 0 Å². The van der Waals surface area contributed by atoms with Crippen LogP contribution in [0, 0.1) is 0 Å². The molecular formula is C14H19ClO2. The van der Waals surface area contributed by atoms with Crippen LogP contribution in [0.2, 0.25) is 0 Å². The second-order valence-corrected chi connectivity index (χ2v) is 5.47. The predicted molar refractivity (Wildman–Crippen MR) is 70.7 cm³/mol. The van der Waals surface area contributed by atoms with Crippen LogP contribution >= 0.6 is 11.6 Å². The molecule has 0 amide bonds. The van der Waals surface area contributed by atoms with Gasteiger partial charge in [0.25, 0.3) is 5.24 Å². The molecule has 0 N–H and O–H groups in total. The quantitative estimate of drug-likeness (QED) is 0.762. The Morgan fingerprint density at radius 1 is 1.29 bits per heavy atom. The number of carbonyl (C=O) groups is 1. The third kappa shape index (κ3) is 4.04. The molecule has 0 aliphatic carbocycles. The zero-order valence-electron chi connectivity index (χ0n) is 10.8. The Balaban J connectivity index is 2.78. The second kappa shape index (κ2) is 5.54. The van der Waals surface area contributed by atoms with Crippen LogP contribution in [0.4, 0.5) is 0 Å². The minimum atomic E-state index is -0.558. The lowest BCUT2D eigenvalue weighted by atomic mass is 9.87. The van der Waals surface area contributed by atoms with E-state index in [2.05, 4.69) is 20.8 Å². The molecule has 0 fully saturated rings. The van der Waals surface area contributed by atoms with Crippen molar-refractivity contribution in [2.75, 3.05) is 0 Å². The molecule has 0 saturated carbocycles. The van der Waals surface area contributed by atoms with Crippen molar-refractivity contribution in [1.82, 2.24) is 0 Å². The van der Waals surface area contributed by atoms with E-state index in [1.807, 2.05) is 31.2 Å². The van der Waals surface area contributed by atoms with Gasteiger partial charge in [-0.1, -0.05) is 39.8 Å². The molecule has 2 nitrogen and oxygen atoms in total. The SMILES string of the molecule is CC[C@@H](Oc1ccc(C(C)(C)C)cc1)C(=O)Cl. The predicted octanol–water partition coefficient (Wildman–Crippen LogP) is 3.91. The smallest absolute Gasteiger partial charge is 0.262 e. The zero-order chi connectivity index (χ0) is 13.1. The van der Waals surface area contributed by atoms with Crippen LogP contribution in [0.25, 0.3) is 0 Å². The summed E-state index contributed by atoms with van der Waals surface area (Å²) in [5.41, 5.74) is 1.35. The standard InChI is InChI=1S/C14H19ClO2/c1-5-12(13(15)16)17-11-8-6-10(7-9-11)14(2,3)4/h6-9,12H,5H2,1-4H3/t12-/m1/s1. The molecule has 1 rings (SSSR count). The van der Waals surface area contributed by atoms with Gasteiger partial charge in [-0.15, -0.1) is 0 Å². The highest BCUT2D eigenvalue weighted by atomic mass is 35.5. The fourth-order valence-corrected chi connectivity index (χ4v) is 1.69. The third-order valence-electron chi connectivity index (χ3n) is 2.62. The maximum absolute atomic E-state index is 11.0. The van der Waals surface area contributed by atoms with Crippen LogP contribution in [0.1, 0.15) is 39.7 Å². The van der Waals surface area contributed by atoms with Crippen molar-refractivity contribution in [3.8, 4) is 5.75 Å². The first kappa shape index (κ1) is 14.0. The van der Waals surface area contributed by atoms with Gasteiger partial charge in [0.05, 0.1) is 0 Å². The van der Waals surface area contributed by atoms with Crippen LogP contribution < -0.4 is 4.74 Å². The van der Waals surface area contributed by atoms with Crippen molar-refractivity contribution in [2.45, 2.75) is 45.6 Å². The number of rotatable bonds is 4. The van der Waals surface area contributed by atoms with E-state index in [4.69, 9.17) is 16.3 Å². The molecule has 0 spiro atoms. The van der Waals surface area contributed by atoms with Gasteiger partial charge in [0.2, 0.25) is 0 Å². The van der Waals surface area contributed by atoms with Gasteiger partial charge in [0.1, 0.15) is 5.75 Å². The topological polar surface area (TPSA) is 26.3 Å². The number of ether oxygens (including phenoxy) is 1. The summed E-state index contributed by atoms with van der Waals surface area (Å²) in [7, 11) is 0. The molecule has 0 unspecified atom stereocenters. The van der Waals surface area contributed by atoms with E-state index in [1.165, 1.54) is 5.56 Å². The molecule has 1 atom stereocenters. The highest BCUT2D eigenvalue weighted by Crippen LogP contribution is 2.25. The number of benzene rings is 1. The summed E-state index contributed by atoms with van der Waals surface area (Å²) >= 11 is 5.43. The second-order valence-electron chi connectivity index (χ2n) is 5.09. The van der Waals surface area contributed by atoms with E-state index >= 15 is 0 Å². The van der Waals surface area contributed by atoms with Crippen LogP contribution in [-0.2, 0) is 10.2 Å². The Bertz CT molecular complexity index is 376. The van der Waals surface area contributed by atoms with Crippen molar-refractivity contribution in [2.24, 2.45) is 0 Å². The highest BCUT2D eigenvalue weighted by Gasteiger charge is 2.17. The third-order valence-corrected chi connectivity index (χ3v) is 2.87. The summed E-state index contributed by atoms with van der Waals surface area (Å²) in [6.45, 7) is 8.33. The van der Waals surface area contributed by atoms with Crippen LogP contribution in [0.15, 0.2) is 24.3 Å².